The molecule has 0 bridgehead atoms. The highest BCUT2D eigenvalue weighted by Crippen LogP contribution is 2.40. The number of aryl methyl sites for hydroxylation is 4. The maximum Gasteiger partial charge on any atom is 0.347 e. The number of rotatable bonds is 2. The normalized spacial score (nSPS) is 15.0. The molecule has 0 radical (unpaired) electrons. The average molecular weight is 318 g/mol. The van der Waals surface area contributed by atoms with Gasteiger partial charge in [-0.05, 0) is 39.8 Å². The van der Waals surface area contributed by atoms with Crippen molar-refractivity contribution in [3.05, 3.63) is 42.8 Å². The van der Waals surface area contributed by atoms with Crippen molar-refractivity contribution in [2.45, 2.75) is 27.7 Å². The summed E-state index contributed by atoms with van der Waals surface area (Å²) in [6.45, 7) is 7.89. The Labute approximate surface area is 130 Å². The van der Waals surface area contributed by atoms with Crippen molar-refractivity contribution >= 4 is 45.8 Å². The van der Waals surface area contributed by atoms with E-state index < -0.39 is 11.9 Å². The molecule has 2 aromatic heterocycles. The van der Waals surface area contributed by atoms with Crippen molar-refractivity contribution in [1.82, 2.24) is 0 Å². The SMILES string of the molecule is Cc1cc(C2=C(c3cc(C)sc3C)C(=O)OC2=O)c(C)s1. The van der Waals surface area contributed by atoms with Crippen LogP contribution in [0, 0.1) is 27.7 Å². The van der Waals surface area contributed by atoms with Crippen molar-refractivity contribution < 1.29 is 14.3 Å². The second-order valence-corrected chi connectivity index (χ2v) is 8.00. The molecule has 108 valence electrons. The van der Waals surface area contributed by atoms with Crippen molar-refractivity contribution in [2.75, 3.05) is 0 Å². The fourth-order valence-corrected chi connectivity index (χ4v) is 4.50. The number of carbonyl (C=O) groups is 2. The van der Waals surface area contributed by atoms with E-state index in [9.17, 15) is 9.59 Å². The Hall–Kier alpha value is -1.72. The Morgan fingerprint density at radius 3 is 1.43 bits per heavy atom. The van der Waals surface area contributed by atoms with Crippen molar-refractivity contribution in [1.29, 1.82) is 0 Å². The van der Waals surface area contributed by atoms with Crippen LogP contribution in [0.5, 0.6) is 0 Å². The van der Waals surface area contributed by atoms with E-state index in [1.165, 1.54) is 0 Å². The van der Waals surface area contributed by atoms with Gasteiger partial charge in [-0.3, -0.25) is 0 Å². The summed E-state index contributed by atoms with van der Waals surface area (Å²) in [4.78, 5) is 28.6. The third-order valence-corrected chi connectivity index (χ3v) is 5.40. The number of hydrogen-bond donors (Lipinski definition) is 0. The monoisotopic (exact) mass is 318 g/mol. The molecule has 3 heterocycles. The zero-order chi connectivity index (χ0) is 15.3. The molecular weight excluding hydrogens is 304 g/mol. The summed E-state index contributed by atoms with van der Waals surface area (Å²) in [5, 5.41) is 0. The first-order valence-electron chi connectivity index (χ1n) is 6.54. The van der Waals surface area contributed by atoms with Crippen LogP contribution in [0.15, 0.2) is 12.1 Å². The zero-order valence-corrected chi connectivity index (χ0v) is 13.8. The minimum atomic E-state index is -0.542. The minimum absolute atomic E-state index is 0.405. The second kappa shape index (κ2) is 4.93. The number of cyclic esters (lactones) is 2. The van der Waals surface area contributed by atoms with E-state index in [2.05, 4.69) is 0 Å². The summed E-state index contributed by atoms with van der Waals surface area (Å²) in [6, 6.07) is 3.90. The van der Waals surface area contributed by atoms with Gasteiger partial charge in [0.2, 0.25) is 0 Å². The van der Waals surface area contributed by atoms with Gasteiger partial charge in [-0.1, -0.05) is 0 Å². The van der Waals surface area contributed by atoms with Crippen LogP contribution in [0.3, 0.4) is 0 Å². The number of thiophene rings is 2. The average Bonchev–Trinajstić information content (AvgIpc) is 2.96. The Balaban J connectivity index is 2.30. The molecule has 0 amide bonds. The summed E-state index contributed by atoms with van der Waals surface area (Å²) in [6.07, 6.45) is 0. The van der Waals surface area contributed by atoms with E-state index in [1.54, 1.807) is 22.7 Å². The largest absolute Gasteiger partial charge is 0.386 e. The third kappa shape index (κ3) is 2.26. The topological polar surface area (TPSA) is 43.4 Å². The van der Waals surface area contributed by atoms with Crippen LogP contribution in [-0.2, 0) is 14.3 Å². The Morgan fingerprint density at radius 2 is 1.14 bits per heavy atom. The van der Waals surface area contributed by atoms with E-state index in [1.807, 2.05) is 39.8 Å². The molecule has 0 aliphatic carbocycles. The predicted octanol–water partition coefficient (Wildman–Crippen LogP) is 4.04. The first kappa shape index (κ1) is 14.2. The highest BCUT2D eigenvalue weighted by molar-refractivity contribution is 7.12. The molecule has 3 nitrogen and oxygen atoms in total. The molecule has 0 saturated heterocycles. The molecule has 0 unspecified atom stereocenters. The van der Waals surface area contributed by atoms with Crippen LogP contribution < -0.4 is 0 Å². The van der Waals surface area contributed by atoms with Gasteiger partial charge in [0.05, 0.1) is 11.1 Å². The van der Waals surface area contributed by atoms with Crippen LogP contribution in [0.2, 0.25) is 0 Å². The van der Waals surface area contributed by atoms with Crippen LogP contribution >= 0.6 is 22.7 Å². The number of esters is 2. The fraction of sp³-hybridized carbons (Fsp3) is 0.250. The molecule has 2 aromatic rings. The highest BCUT2D eigenvalue weighted by atomic mass is 32.1. The van der Waals surface area contributed by atoms with Gasteiger partial charge in [0.15, 0.2) is 0 Å². The van der Waals surface area contributed by atoms with E-state index in [0.717, 1.165) is 30.6 Å². The summed E-state index contributed by atoms with van der Waals surface area (Å²) in [7, 11) is 0. The fourth-order valence-electron chi connectivity index (χ4n) is 2.64. The van der Waals surface area contributed by atoms with E-state index >= 15 is 0 Å². The summed E-state index contributed by atoms with van der Waals surface area (Å²) >= 11 is 3.23. The Bertz CT molecular complexity index is 739. The standard InChI is InChI=1S/C16H14O3S2/c1-7-5-11(9(3)20-7)13-14(16(18)19-15(13)17)12-6-8(2)21-10(12)4/h5-6H,1-4H3. The molecule has 0 atom stereocenters. The predicted molar refractivity (Wildman–Crippen MR) is 85.5 cm³/mol. The molecule has 1 aliphatic rings. The second-order valence-electron chi connectivity index (χ2n) is 5.08. The number of ether oxygens (including phenoxy) is 1. The number of hydrogen-bond acceptors (Lipinski definition) is 5. The molecule has 3 rings (SSSR count). The van der Waals surface area contributed by atoms with Gasteiger partial charge in [-0.15, -0.1) is 22.7 Å². The smallest absolute Gasteiger partial charge is 0.347 e. The van der Waals surface area contributed by atoms with Crippen LogP contribution in [0.25, 0.3) is 11.1 Å². The molecule has 0 saturated carbocycles. The molecule has 0 aromatic carbocycles. The van der Waals surface area contributed by atoms with Crippen molar-refractivity contribution in [3.63, 3.8) is 0 Å². The van der Waals surface area contributed by atoms with E-state index in [0.29, 0.717) is 11.1 Å². The minimum Gasteiger partial charge on any atom is -0.386 e. The van der Waals surface area contributed by atoms with Gasteiger partial charge in [0.1, 0.15) is 0 Å². The summed E-state index contributed by atoms with van der Waals surface area (Å²) in [5.74, 6) is -1.08. The lowest BCUT2D eigenvalue weighted by atomic mass is 9.97. The van der Waals surface area contributed by atoms with Gasteiger partial charge < -0.3 is 4.74 Å². The number of carbonyl (C=O) groups excluding carboxylic acids is 2. The van der Waals surface area contributed by atoms with Crippen LogP contribution in [0.4, 0.5) is 0 Å². The van der Waals surface area contributed by atoms with Crippen LogP contribution in [-0.4, -0.2) is 11.9 Å². The molecule has 0 spiro atoms. The molecule has 21 heavy (non-hydrogen) atoms. The molecule has 5 heteroatoms. The summed E-state index contributed by atoms with van der Waals surface area (Å²) in [5.41, 5.74) is 2.43. The molecule has 1 aliphatic heterocycles. The maximum atomic E-state index is 12.2. The van der Waals surface area contributed by atoms with Gasteiger partial charge in [0, 0.05) is 30.6 Å². The molecule has 0 N–H and O–H groups in total. The zero-order valence-electron chi connectivity index (χ0n) is 12.2. The quantitative estimate of drug-likeness (QED) is 0.620. The van der Waals surface area contributed by atoms with Gasteiger partial charge in [-0.25, -0.2) is 9.59 Å². The Morgan fingerprint density at radius 1 is 0.762 bits per heavy atom. The van der Waals surface area contributed by atoms with E-state index in [-0.39, 0.29) is 0 Å². The lowest BCUT2D eigenvalue weighted by molar-refractivity contribution is -0.149. The highest BCUT2D eigenvalue weighted by Gasteiger charge is 2.37. The van der Waals surface area contributed by atoms with Gasteiger partial charge in [-0.2, -0.15) is 0 Å². The molecular formula is C16H14O3S2. The lowest BCUT2D eigenvalue weighted by Crippen LogP contribution is -2.02. The van der Waals surface area contributed by atoms with Crippen molar-refractivity contribution in [2.24, 2.45) is 0 Å². The first-order chi connectivity index (χ1) is 9.88. The maximum absolute atomic E-state index is 12.2. The van der Waals surface area contributed by atoms with Gasteiger partial charge in [0.25, 0.3) is 0 Å². The lowest BCUT2D eigenvalue weighted by Gasteiger charge is -2.01. The molecule has 0 fully saturated rings. The Kier molecular flexibility index (Phi) is 3.34. The van der Waals surface area contributed by atoms with Crippen LogP contribution in [0.1, 0.15) is 30.6 Å². The van der Waals surface area contributed by atoms with Gasteiger partial charge >= 0.3 is 11.9 Å². The first-order valence-corrected chi connectivity index (χ1v) is 8.17. The summed E-state index contributed by atoms with van der Waals surface area (Å²) < 4.78 is 4.88. The van der Waals surface area contributed by atoms with E-state index in [4.69, 9.17) is 4.74 Å². The van der Waals surface area contributed by atoms with Crippen molar-refractivity contribution in [3.8, 4) is 0 Å². The third-order valence-electron chi connectivity index (χ3n) is 3.46.